The van der Waals surface area contributed by atoms with Crippen molar-refractivity contribution in [2.75, 3.05) is 13.7 Å². The number of ether oxygens (including phenoxy) is 5. The van der Waals surface area contributed by atoms with E-state index in [2.05, 4.69) is 0 Å². The maximum Gasteiger partial charge on any atom is 0.190 e. The molecule has 0 spiro atoms. The first-order chi connectivity index (χ1) is 7.59. The molecular formula is C11H18O5. The average molecular weight is 230 g/mol. The van der Waals surface area contributed by atoms with E-state index >= 15 is 0 Å². The first-order valence-electron chi connectivity index (χ1n) is 5.74. The maximum absolute atomic E-state index is 5.82. The fourth-order valence-corrected chi connectivity index (χ4v) is 2.49. The molecule has 0 aromatic heterocycles. The third-order valence-electron chi connectivity index (χ3n) is 3.26. The lowest BCUT2D eigenvalue weighted by atomic mass is 10.1. The van der Waals surface area contributed by atoms with Crippen molar-refractivity contribution in [2.24, 2.45) is 0 Å². The predicted molar refractivity (Wildman–Crippen MR) is 53.9 cm³/mol. The summed E-state index contributed by atoms with van der Waals surface area (Å²) in [5.41, 5.74) is 0. The van der Waals surface area contributed by atoms with E-state index < -0.39 is 5.79 Å². The molecule has 3 aliphatic heterocycles. The maximum atomic E-state index is 5.82. The molecule has 0 saturated carbocycles. The van der Waals surface area contributed by atoms with Gasteiger partial charge in [-0.1, -0.05) is 0 Å². The molecule has 3 rings (SSSR count). The third-order valence-corrected chi connectivity index (χ3v) is 3.26. The van der Waals surface area contributed by atoms with Crippen LogP contribution in [0.5, 0.6) is 0 Å². The summed E-state index contributed by atoms with van der Waals surface area (Å²) in [4.78, 5) is 0. The summed E-state index contributed by atoms with van der Waals surface area (Å²) in [6, 6.07) is 0. The first kappa shape index (κ1) is 10.9. The number of hydrogen-bond acceptors (Lipinski definition) is 5. The lowest BCUT2D eigenvalue weighted by molar-refractivity contribution is -0.217. The quantitative estimate of drug-likeness (QED) is 0.667. The van der Waals surface area contributed by atoms with Crippen molar-refractivity contribution in [3.8, 4) is 0 Å². The van der Waals surface area contributed by atoms with Gasteiger partial charge in [-0.15, -0.1) is 0 Å². The Labute approximate surface area is 94.9 Å². The highest BCUT2D eigenvalue weighted by atomic mass is 16.8. The molecule has 0 amide bonds. The van der Waals surface area contributed by atoms with E-state index in [0.717, 1.165) is 13.0 Å². The molecule has 0 N–H and O–H groups in total. The Morgan fingerprint density at radius 1 is 1.31 bits per heavy atom. The highest BCUT2D eigenvalue weighted by molar-refractivity contribution is 4.95. The van der Waals surface area contributed by atoms with Gasteiger partial charge in [0.2, 0.25) is 0 Å². The molecule has 92 valence electrons. The Bertz CT molecular complexity index is 276. The summed E-state index contributed by atoms with van der Waals surface area (Å²) in [5, 5.41) is 0. The highest BCUT2D eigenvalue weighted by Gasteiger charge is 2.55. The van der Waals surface area contributed by atoms with Gasteiger partial charge >= 0.3 is 0 Å². The van der Waals surface area contributed by atoms with Crippen LogP contribution in [-0.4, -0.2) is 50.2 Å². The van der Waals surface area contributed by atoms with E-state index in [9.17, 15) is 0 Å². The molecule has 5 atom stereocenters. The molecule has 0 aliphatic carbocycles. The minimum atomic E-state index is -0.576. The molecule has 5 unspecified atom stereocenters. The molecule has 3 fully saturated rings. The number of fused-ring (bicyclic) bond motifs is 1. The van der Waals surface area contributed by atoms with Gasteiger partial charge in [-0.2, -0.15) is 0 Å². The predicted octanol–water partition coefficient (Wildman–Crippen LogP) is 0.667. The monoisotopic (exact) mass is 230 g/mol. The SMILES string of the molecule is COC1C(CC2CO2)OC2OC(C)(C)OC21. The zero-order valence-corrected chi connectivity index (χ0v) is 9.84. The van der Waals surface area contributed by atoms with Crippen LogP contribution in [0.1, 0.15) is 20.3 Å². The van der Waals surface area contributed by atoms with Crippen LogP contribution in [0.25, 0.3) is 0 Å². The van der Waals surface area contributed by atoms with Gasteiger partial charge in [0.1, 0.15) is 12.2 Å². The topological polar surface area (TPSA) is 49.5 Å². The minimum Gasteiger partial charge on any atom is -0.376 e. The summed E-state index contributed by atoms with van der Waals surface area (Å²) in [7, 11) is 1.69. The zero-order valence-electron chi connectivity index (χ0n) is 9.84. The van der Waals surface area contributed by atoms with Crippen LogP contribution >= 0.6 is 0 Å². The number of methoxy groups -OCH3 is 1. The van der Waals surface area contributed by atoms with Gasteiger partial charge in [0.15, 0.2) is 12.1 Å². The molecule has 16 heavy (non-hydrogen) atoms. The van der Waals surface area contributed by atoms with Crippen molar-refractivity contribution < 1.29 is 23.7 Å². The molecular weight excluding hydrogens is 212 g/mol. The normalized spacial score (nSPS) is 49.3. The number of epoxide rings is 1. The summed E-state index contributed by atoms with van der Waals surface area (Å²) < 4.78 is 28.0. The van der Waals surface area contributed by atoms with Crippen LogP contribution in [0.4, 0.5) is 0 Å². The van der Waals surface area contributed by atoms with Crippen molar-refractivity contribution in [1.29, 1.82) is 0 Å². The van der Waals surface area contributed by atoms with Gasteiger partial charge in [-0.25, -0.2) is 0 Å². The van der Waals surface area contributed by atoms with E-state index in [4.69, 9.17) is 23.7 Å². The van der Waals surface area contributed by atoms with E-state index in [1.54, 1.807) is 7.11 Å². The summed E-state index contributed by atoms with van der Waals surface area (Å²) >= 11 is 0. The molecule has 0 radical (unpaired) electrons. The largest absolute Gasteiger partial charge is 0.376 e. The van der Waals surface area contributed by atoms with Gasteiger partial charge < -0.3 is 23.7 Å². The summed E-state index contributed by atoms with van der Waals surface area (Å²) in [6.07, 6.45) is 0.722. The van der Waals surface area contributed by atoms with Crippen LogP contribution in [0.2, 0.25) is 0 Å². The molecule has 3 heterocycles. The second-order valence-electron chi connectivity index (χ2n) is 5.03. The molecule has 5 nitrogen and oxygen atoms in total. The second kappa shape index (κ2) is 3.65. The molecule has 0 aromatic carbocycles. The van der Waals surface area contributed by atoms with E-state index in [1.165, 1.54) is 0 Å². The molecule has 3 saturated heterocycles. The molecule has 0 aromatic rings. The van der Waals surface area contributed by atoms with Crippen molar-refractivity contribution in [1.82, 2.24) is 0 Å². The third kappa shape index (κ3) is 1.87. The molecule has 5 heteroatoms. The first-order valence-corrected chi connectivity index (χ1v) is 5.74. The van der Waals surface area contributed by atoms with Gasteiger partial charge in [-0.3, -0.25) is 0 Å². The second-order valence-corrected chi connectivity index (χ2v) is 5.03. The van der Waals surface area contributed by atoms with Crippen LogP contribution in [0.3, 0.4) is 0 Å². The minimum absolute atomic E-state index is 0.0172. The highest BCUT2D eigenvalue weighted by Crippen LogP contribution is 2.40. The Kier molecular flexibility index (Phi) is 2.49. The van der Waals surface area contributed by atoms with Crippen LogP contribution in [0.15, 0.2) is 0 Å². The van der Waals surface area contributed by atoms with E-state index in [1.807, 2.05) is 13.8 Å². The van der Waals surface area contributed by atoms with Gasteiger partial charge in [0, 0.05) is 13.5 Å². The smallest absolute Gasteiger partial charge is 0.190 e. The zero-order chi connectivity index (χ0) is 11.3. The van der Waals surface area contributed by atoms with Crippen molar-refractivity contribution in [3.63, 3.8) is 0 Å². The van der Waals surface area contributed by atoms with Crippen LogP contribution < -0.4 is 0 Å². The fourth-order valence-electron chi connectivity index (χ4n) is 2.49. The Morgan fingerprint density at radius 2 is 2.06 bits per heavy atom. The van der Waals surface area contributed by atoms with Gasteiger partial charge in [0.25, 0.3) is 0 Å². The lowest BCUT2D eigenvalue weighted by Crippen LogP contribution is -2.36. The van der Waals surface area contributed by atoms with Gasteiger partial charge in [-0.05, 0) is 13.8 Å². The van der Waals surface area contributed by atoms with E-state index in [-0.39, 0.29) is 24.6 Å². The average Bonchev–Trinajstić information content (AvgIpc) is 2.86. The summed E-state index contributed by atoms with van der Waals surface area (Å²) in [5.74, 6) is -0.576. The molecule has 0 bridgehead atoms. The van der Waals surface area contributed by atoms with Crippen molar-refractivity contribution in [3.05, 3.63) is 0 Å². The molecule has 3 aliphatic rings. The Hall–Kier alpha value is -0.200. The van der Waals surface area contributed by atoms with Crippen molar-refractivity contribution >= 4 is 0 Å². The van der Waals surface area contributed by atoms with Crippen molar-refractivity contribution in [2.45, 2.75) is 56.8 Å². The Morgan fingerprint density at radius 3 is 2.69 bits per heavy atom. The Balaban J connectivity index is 1.68. The van der Waals surface area contributed by atoms with Gasteiger partial charge in [0.05, 0.1) is 18.8 Å². The summed E-state index contributed by atoms with van der Waals surface area (Å²) in [6.45, 7) is 4.61. The van der Waals surface area contributed by atoms with E-state index in [0.29, 0.717) is 6.10 Å². The number of hydrogen-bond donors (Lipinski definition) is 0. The van der Waals surface area contributed by atoms with Crippen LogP contribution in [-0.2, 0) is 23.7 Å². The standard InChI is InChI=1S/C11H18O5/c1-11(2)15-9-8(12-3)7(4-6-5-13-6)14-10(9)16-11/h6-10H,4-5H2,1-3H3. The fraction of sp³-hybridized carbons (Fsp3) is 1.00. The lowest BCUT2D eigenvalue weighted by Gasteiger charge is -2.24. The van der Waals surface area contributed by atoms with Crippen LogP contribution in [0, 0.1) is 0 Å². The number of rotatable bonds is 3.